The number of rotatable bonds is 2. The fourth-order valence-corrected chi connectivity index (χ4v) is 3.78. The molecule has 126 valence electrons. The van der Waals surface area contributed by atoms with Gasteiger partial charge < -0.3 is 0 Å². The molecule has 0 fully saturated rings. The van der Waals surface area contributed by atoms with Crippen LogP contribution in [0.15, 0.2) is 59.8 Å². The van der Waals surface area contributed by atoms with Gasteiger partial charge in [-0.05, 0) is 48.9 Å². The van der Waals surface area contributed by atoms with Crippen molar-refractivity contribution in [1.82, 2.24) is 4.98 Å². The summed E-state index contributed by atoms with van der Waals surface area (Å²) in [5.74, 6) is 0. The van der Waals surface area contributed by atoms with E-state index in [1.807, 2.05) is 20.0 Å². The summed E-state index contributed by atoms with van der Waals surface area (Å²) in [6.07, 6.45) is 4.08. The summed E-state index contributed by atoms with van der Waals surface area (Å²) in [5, 5.41) is 2.55. The van der Waals surface area contributed by atoms with Gasteiger partial charge in [-0.2, -0.15) is 0 Å². The van der Waals surface area contributed by atoms with Crippen LogP contribution in [0.1, 0.15) is 59.7 Å². The maximum Gasteiger partial charge on any atom is 0.0789 e. The Hall–Kier alpha value is -2.15. The predicted molar refractivity (Wildman–Crippen MR) is 107 cm³/mol. The summed E-state index contributed by atoms with van der Waals surface area (Å²) in [6.45, 7) is 19.2. The average molecular weight is 319 g/mol. The molecule has 0 unspecified atom stereocenters. The first-order valence-electron chi connectivity index (χ1n) is 8.82. The molecule has 24 heavy (non-hydrogen) atoms. The van der Waals surface area contributed by atoms with Gasteiger partial charge in [-0.15, -0.1) is 0 Å². The van der Waals surface area contributed by atoms with Gasteiger partial charge in [0.1, 0.15) is 0 Å². The average Bonchev–Trinajstić information content (AvgIpc) is 2.58. The molecule has 1 aromatic heterocycles. The SMILES string of the molecule is C=C(C)C1=C(/C(C)=C\C)c2nccc3cccc(c23)C1(C)C.CC. The highest BCUT2D eigenvalue weighted by molar-refractivity contribution is 6.03. The van der Waals surface area contributed by atoms with E-state index in [0.29, 0.717) is 0 Å². The minimum absolute atomic E-state index is 0.0685. The summed E-state index contributed by atoms with van der Waals surface area (Å²) in [6, 6.07) is 8.66. The van der Waals surface area contributed by atoms with E-state index in [0.717, 1.165) is 11.3 Å². The molecule has 0 amide bonds. The highest BCUT2D eigenvalue weighted by Gasteiger charge is 2.36. The van der Waals surface area contributed by atoms with Crippen LogP contribution in [-0.4, -0.2) is 4.98 Å². The Morgan fingerprint density at radius 2 is 1.79 bits per heavy atom. The lowest BCUT2D eigenvalue weighted by atomic mass is 9.66. The summed E-state index contributed by atoms with van der Waals surface area (Å²) < 4.78 is 0. The summed E-state index contributed by atoms with van der Waals surface area (Å²) in [4.78, 5) is 4.75. The summed E-state index contributed by atoms with van der Waals surface area (Å²) in [7, 11) is 0. The first kappa shape index (κ1) is 18.2. The first-order valence-corrected chi connectivity index (χ1v) is 8.82. The van der Waals surface area contributed by atoms with Crippen LogP contribution in [-0.2, 0) is 5.41 Å². The molecule has 2 aromatic rings. The van der Waals surface area contributed by atoms with Gasteiger partial charge in [-0.3, -0.25) is 4.98 Å². The highest BCUT2D eigenvalue weighted by Crippen LogP contribution is 2.49. The van der Waals surface area contributed by atoms with Gasteiger partial charge in [0.15, 0.2) is 0 Å². The summed E-state index contributed by atoms with van der Waals surface area (Å²) >= 11 is 0. The predicted octanol–water partition coefficient (Wildman–Crippen LogP) is 6.85. The molecule has 3 rings (SSSR count). The van der Waals surface area contributed by atoms with Gasteiger partial charge in [0, 0.05) is 22.6 Å². The number of benzene rings is 1. The van der Waals surface area contributed by atoms with Crippen LogP contribution >= 0.6 is 0 Å². The number of nitrogens with zero attached hydrogens (tertiary/aromatic N) is 1. The van der Waals surface area contributed by atoms with Crippen LogP contribution in [0.2, 0.25) is 0 Å². The van der Waals surface area contributed by atoms with E-state index in [1.54, 1.807) is 0 Å². The van der Waals surface area contributed by atoms with Crippen molar-refractivity contribution in [2.75, 3.05) is 0 Å². The normalized spacial score (nSPS) is 15.9. The molecular weight excluding hydrogens is 290 g/mol. The molecule has 0 saturated heterocycles. The third kappa shape index (κ3) is 2.62. The third-order valence-corrected chi connectivity index (χ3v) is 4.83. The van der Waals surface area contributed by atoms with Crippen LogP contribution in [0.3, 0.4) is 0 Å². The lowest BCUT2D eigenvalue weighted by molar-refractivity contribution is 0.634. The molecule has 1 heteroatoms. The molecule has 1 aliphatic carbocycles. The lowest BCUT2D eigenvalue weighted by Gasteiger charge is -2.37. The zero-order valence-electron chi connectivity index (χ0n) is 16.1. The molecule has 1 heterocycles. The van der Waals surface area contributed by atoms with Gasteiger partial charge in [0.2, 0.25) is 0 Å². The van der Waals surface area contributed by atoms with Crippen LogP contribution in [0.5, 0.6) is 0 Å². The smallest absolute Gasteiger partial charge is 0.0789 e. The number of hydrogen-bond donors (Lipinski definition) is 0. The van der Waals surface area contributed by atoms with E-state index in [2.05, 4.69) is 71.5 Å². The second-order valence-electron chi connectivity index (χ2n) is 6.69. The minimum Gasteiger partial charge on any atom is -0.256 e. The number of aromatic nitrogens is 1. The van der Waals surface area contributed by atoms with Gasteiger partial charge in [-0.1, -0.05) is 64.1 Å². The molecule has 0 bridgehead atoms. The van der Waals surface area contributed by atoms with Crippen LogP contribution in [0.4, 0.5) is 0 Å². The molecule has 0 saturated carbocycles. The van der Waals surface area contributed by atoms with Gasteiger partial charge in [0.05, 0.1) is 5.69 Å². The van der Waals surface area contributed by atoms with Crippen molar-refractivity contribution in [1.29, 1.82) is 0 Å². The van der Waals surface area contributed by atoms with Crippen molar-refractivity contribution in [3.05, 3.63) is 71.1 Å². The van der Waals surface area contributed by atoms with Crippen LogP contribution < -0.4 is 0 Å². The lowest BCUT2D eigenvalue weighted by Crippen LogP contribution is -2.27. The Bertz CT molecular complexity index is 842. The Kier molecular flexibility index (Phi) is 5.13. The van der Waals surface area contributed by atoms with Crippen LogP contribution in [0, 0.1) is 0 Å². The van der Waals surface area contributed by atoms with E-state index in [-0.39, 0.29) is 5.41 Å². The van der Waals surface area contributed by atoms with Crippen LogP contribution in [0.25, 0.3) is 16.3 Å². The maximum absolute atomic E-state index is 4.75. The fraction of sp³-hybridized carbons (Fsp3) is 0.348. The zero-order valence-corrected chi connectivity index (χ0v) is 16.1. The van der Waals surface area contributed by atoms with Crippen molar-refractivity contribution in [2.45, 2.75) is 53.9 Å². The Balaban J connectivity index is 0.00000100. The van der Waals surface area contributed by atoms with E-state index in [9.17, 15) is 0 Å². The van der Waals surface area contributed by atoms with Crippen molar-refractivity contribution in [3.8, 4) is 0 Å². The van der Waals surface area contributed by atoms with Gasteiger partial charge >= 0.3 is 0 Å². The number of hydrogen-bond acceptors (Lipinski definition) is 1. The van der Waals surface area contributed by atoms with E-state index in [1.165, 1.54) is 33.1 Å². The van der Waals surface area contributed by atoms with Gasteiger partial charge in [0.25, 0.3) is 0 Å². The van der Waals surface area contributed by atoms with Crippen molar-refractivity contribution < 1.29 is 0 Å². The first-order chi connectivity index (χ1) is 11.4. The number of pyridine rings is 1. The minimum atomic E-state index is -0.0685. The highest BCUT2D eigenvalue weighted by atomic mass is 14.7. The molecule has 1 aliphatic rings. The van der Waals surface area contributed by atoms with Gasteiger partial charge in [-0.25, -0.2) is 0 Å². The van der Waals surface area contributed by atoms with Crippen molar-refractivity contribution >= 4 is 16.3 Å². The van der Waals surface area contributed by atoms with Crippen molar-refractivity contribution in [3.63, 3.8) is 0 Å². The molecule has 0 radical (unpaired) electrons. The van der Waals surface area contributed by atoms with E-state index in [4.69, 9.17) is 4.98 Å². The molecule has 1 aromatic carbocycles. The summed E-state index contributed by atoms with van der Waals surface area (Å²) in [5.41, 5.74) is 7.32. The fourth-order valence-electron chi connectivity index (χ4n) is 3.78. The van der Waals surface area contributed by atoms with E-state index >= 15 is 0 Å². The second kappa shape index (κ2) is 6.76. The van der Waals surface area contributed by atoms with E-state index < -0.39 is 0 Å². The van der Waals surface area contributed by atoms with Crippen molar-refractivity contribution in [2.24, 2.45) is 0 Å². The molecule has 0 atom stereocenters. The molecule has 0 spiro atoms. The Morgan fingerprint density at radius 3 is 2.38 bits per heavy atom. The largest absolute Gasteiger partial charge is 0.256 e. The molecule has 0 N–H and O–H groups in total. The monoisotopic (exact) mass is 319 g/mol. The topological polar surface area (TPSA) is 12.9 Å². The Labute approximate surface area is 146 Å². The Morgan fingerprint density at radius 1 is 1.12 bits per heavy atom. The molecular formula is C23H29N. The molecule has 1 nitrogen and oxygen atoms in total. The zero-order chi connectivity index (χ0) is 18.1. The third-order valence-electron chi connectivity index (χ3n) is 4.83. The maximum atomic E-state index is 4.75. The number of allylic oxidation sites excluding steroid dienone is 5. The second-order valence-corrected chi connectivity index (χ2v) is 6.69. The quantitative estimate of drug-likeness (QED) is 0.590. The molecule has 0 aliphatic heterocycles. The standard InChI is InChI=1S/C21H23N.C2H6/c1-7-14(4)17-19(13(2)3)21(5,6)16-10-8-9-15-11-12-22-20(17)18(15)16;1-2/h7-12H,2H2,1,3-6H3;1-2H3/b14-7-;.